The first kappa shape index (κ1) is 12.9. The zero-order valence-corrected chi connectivity index (χ0v) is 12.3. The van der Waals surface area contributed by atoms with E-state index in [-0.39, 0.29) is 4.74 Å². The van der Waals surface area contributed by atoms with Crippen molar-refractivity contribution in [3.05, 3.63) is 76.4 Å². The van der Waals surface area contributed by atoms with Crippen LogP contribution in [-0.4, -0.2) is 14.8 Å². The lowest BCUT2D eigenvalue weighted by molar-refractivity contribution is 0.898. The molecule has 0 aliphatic heterocycles. The Morgan fingerprint density at radius 3 is 2.32 bits per heavy atom. The maximum absolute atomic E-state index is 12.3. The number of aromatic nitrogens is 3. The van der Waals surface area contributed by atoms with Crippen LogP contribution in [0.25, 0.3) is 27.3 Å². The van der Waals surface area contributed by atoms with Crippen LogP contribution in [0.4, 0.5) is 0 Å². The lowest BCUT2D eigenvalue weighted by Gasteiger charge is -2.03. The molecule has 0 unspecified atom stereocenters. The van der Waals surface area contributed by atoms with E-state index in [1.165, 1.54) is 0 Å². The van der Waals surface area contributed by atoms with Crippen molar-refractivity contribution in [2.45, 2.75) is 0 Å². The van der Waals surface area contributed by atoms with E-state index in [9.17, 15) is 4.79 Å². The van der Waals surface area contributed by atoms with E-state index in [0.29, 0.717) is 16.0 Å². The van der Waals surface area contributed by atoms with Gasteiger partial charge in [-0.1, -0.05) is 59.9 Å². The monoisotopic (exact) mass is 305 g/mol. The van der Waals surface area contributed by atoms with Crippen LogP contribution in [0.5, 0.6) is 0 Å². The minimum Gasteiger partial charge on any atom is -0.277 e. The van der Waals surface area contributed by atoms with Gasteiger partial charge in [-0.25, -0.2) is 9.67 Å². The molecule has 2 aromatic carbocycles. The van der Waals surface area contributed by atoms with E-state index in [1.54, 1.807) is 10.9 Å². The third-order valence-electron chi connectivity index (χ3n) is 3.38. The lowest BCUT2D eigenvalue weighted by atomic mass is 10.2. The van der Waals surface area contributed by atoms with E-state index in [1.807, 2.05) is 60.7 Å². The molecule has 0 N–H and O–H groups in total. The quantitative estimate of drug-likeness (QED) is 0.569. The predicted molar refractivity (Wildman–Crippen MR) is 88.4 cm³/mol. The Bertz CT molecular complexity index is 991. The molecule has 2 aromatic heterocycles. The van der Waals surface area contributed by atoms with Gasteiger partial charge in [0.05, 0.1) is 17.3 Å². The van der Waals surface area contributed by atoms with Crippen molar-refractivity contribution in [3.63, 3.8) is 0 Å². The first-order valence-corrected chi connectivity index (χ1v) is 7.64. The maximum Gasteiger partial charge on any atom is 0.247 e. The van der Waals surface area contributed by atoms with Crippen LogP contribution in [0, 0.1) is 0 Å². The zero-order valence-electron chi connectivity index (χ0n) is 11.5. The Labute approximate surface area is 130 Å². The summed E-state index contributed by atoms with van der Waals surface area (Å²) in [4.78, 5) is 17.0. The molecule has 0 bridgehead atoms. The third-order valence-corrected chi connectivity index (χ3v) is 4.31. The van der Waals surface area contributed by atoms with Gasteiger partial charge in [0.25, 0.3) is 0 Å². The highest BCUT2D eigenvalue weighted by Gasteiger charge is 2.12. The Morgan fingerprint density at radius 2 is 1.59 bits per heavy atom. The van der Waals surface area contributed by atoms with Crippen LogP contribution in [0.3, 0.4) is 0 Å². The average molecular weight is 305 g/mol. The number of benzene rings is 2. The number of nitrogens with zero attached hydrogens (tertiary/aromatic N) is 3. The van der Waals surface area contributed by atoms with Gasteiger partial charge in [0, 0.05) is 5.56 Å². The average Bonchev–Trinajstić information content (AvgIpc) is 3.01. The predicted octanol–water partition coefficient (Wildman–Crippen LogP) is 3.51. The summed E-state index contributed by atoms with van der Waals surface area (Å²) in [6, 6.07) is 19.4. The Morgan fingerprint density at radius 1 is 0.909 bits per heavy atom. The molecule has 0 fully saturated rings. The molecule has 106 valence electrons. The molecule has 5 heteroatoms. The first-order chi connectivity index (χ1) is 10.8. The second-order valence-electron chi connectivity index (χ2n) is 4.80. The van der Waals surface area contributed by atoms with E-state index >= 15 is 0 Å². The molecular weight excluding hydrogens is 294 g/mol. The third kappa shape index (κ3) is 2.12. The molecule has 0 atom stereocenters. The van der Waals surface area contributed by atoms with Crippen molar-refractivity contribution in [3.8, 4) is 16.3 Å². The van der Waals surface area contributed by atoms with Crippen molar-refractivity contribution < 1.29 is 0 Å². The summed E-state index contributed by atoms with van der Waals surface area (Å²) in [5.41, 5.74) is 2.42. The van der Waals surface area contributed by atoms with E-state index in [2.05, 4.69) is 10.1 Å². The Balaban J connectivity index is 1.99. The number of hydrogen-bond donors (Lipinski definition) is 0. The molecule has 0 amide bonds. The second kappa shape index (κ2) is 5.20. The molecule has 0 saturated carbocycles. The van der Waals surface area contributed by atoms with Gasteiger partial charge in [-0.15, -0.1) is 0 Å². The van der Waals surface area contributed by atoms with Gasteiger partial charge in [0.15, 0.2) is 5.65 Å². The van der Waals surface area contributed by atoms with Crippen LogP contribution in [0.1, 0.15) is 0 Å². The molecule has 0 aliphatic carbocycles. The molecule has 0 radical (unpaired) electrons. The SMILES string of the molecule is O=c1sc(-c2ccccc2)nc2c1cnn2-c1ccccc1. The molecule has 0 spiro atoms. The van der Waals surface area contributed by atoms with Crippen LogP contribution in [-0.2, 0) is 0 Å². The van der Waals surface area contributed by atoms with E-state index in [0.717, 1.165) is 22.6 Å². The Kier molecular flexibility index (Phi) is 3.05. The molecular formula is C17H11N3OS. The zero-order chi connectivity index (χ0) is 14.9. The Hall–Kier alpha value is -2.79. The summed E-state index contributed by atoms with van der Waals surface area (Å²) in [6.45, 7) is 0. The van der Waals surface area contributed by atoms with Crippen molar-refractivity contribution in [1.82, 2.24) is 14.8 Å². The van der Waals surface area contributed by atoms with Gasteiger partial charge in [-0.05, 0) is 12.1 Å². The summed E-state index contributed by atoms with van der Waals surface area (Å²) in [6.07, 6.45) is 1.59. The molecule has 22 heavy (non-hydrogen) atoms. The number of rotatable bonds is 2. The number of hydrogen-bond acceptors (Lipinski definition) is 4. The van der Waals surface area contributed by atoms with Crippen molar-refractivity contribution in [2.75, 3.05) is 0 Å². The largest absolute Gasteiger partial charge is 0.277 e. The van der Waals surface area contributed by atoms with Crippen molar-refractivity contribution in [2.24, 2.45) is 0 Å². The van der Waals surface area contributed by atoms with Gasteiger partial charge in [0.2, 0.25) is 4.74 Å². The van der Waals surface area contributed by atoms with Gasteiger partial charge in [-0.3, -0.25) is 4.79 Å². The van der Waals surface area contributed by atoms with Gasteiger partial charge in [-0.2, -0.15) is 5.10 Å². The summed E-state index contributed by atoms with van der Waals surface area (Å²) in [5, 5.41) is 5.58. The van der Waals surface area contributed by atoms with Crippen LogP contribution in [0.15, 0.2) is 71.7 Å². The normalized spacial score (nSPS) is 10.9. The first-order valence-electron chi connectivity index (χ1n) is 6.83. The summed E-state index contributed by atoms with van der Waals surface area (Å²) < 4.78 is 1.68. The molecule has 0 saturated heterocycles. The van der Waals surface area contributed by atoms with Gasteiger partial charge in [0.1, 0.15) is 5.01 Å². The summed E-state index contributed by atoms with van der Waals surface area (Å²) >= 11 is 1.15. The molecule has 2 heterocycles. The minimum atomic E-state index is -0.0222. The van der Waals surface area contributed by atoms with E-state index in [4.69, 9.17) is 0 Å². The lowest BCUT2D eigenvalue weighted by Crippen LogP contribution is -2.01. The fourth-order valence-corrected chi connectivity index (χ4v) is 3.13. The van der Waals surface area contributed by atoms with Gasteiger partial charge < -0.3 is 0 Å². The molecule has 4 aromatic rings. The number of para-hydroxylation sites is 1. The molecule has 4 nitrogen and oxygen atoms in total. The highest BCUT2D eigenvalue weighted by atomic mass is 32.1. The highest BCUT2D eigenvalue weighted by Crippen LogP contribution is 2.23. The van der Waals surface area contributed by atoms with Crippen molar-refractivity contribution >= 4 is 22.4 Å². The second-order valence-corrected chi connectivity index (χ2v) is 5.76. The van der Waals surface area contributed by atoms with Crippen molar-refractivity contribution in [1.29, 1.82) is 0 Å². The van der Waals surface area contributed by atoms with Crippen LogP contribution >= 0.6 is 11.3 Å². The fraction of sp³-hybridized carbons (Fsp3) is 0. The topological polar surface area (TPSA) is 47.8 Å². The minimum absolute atomic E-state index is 0.0222. The summed E-state index contributed by atoms with van der Waals surface area (Å²) in [7, 11) is 0. The molecule has 4 rings (SSSR count). The number of fused-ring (bicyclic) bond motifs is 1. The summed E-state index contributed by atoms with van der Waals surface area (Å²) in [5.74, 6) is 0. The smallest absolute Gasteiger partial charge is 0.247 e. The van der Waals surface area contributed by atoms with Crippen LogP contribution < -0.4 is 4.74 Å². The van der Waals surface area contributed by atoms with Crippen LogP contribution in [0.2, 0.25) is 0 Å². The fourth-order valence-electron chi connectivity index (χ4n) is 2.32. The molecule has 0 aliphatic rings. The standard InChI is InChI=1S/C17H11N3OS/c21-17-14-11-18-20(13-9-5-2-6-10-13)15(14)19-16(22-17)12-7-3-1-4-8-12/h1-11H. The maximum atomic E-state index is 12.3. The van der Waals surface area contributed by atoms with E-state index < -0.39 is 0 Å². The van der Waals surface area contributed by atoms with Gasteiger partial charge >= 0.3 is 0 Å². The highest BCUT2D eigenvalue weighted by molar-refractivity contribution is 7.13.